The van der Waals surface area contributed by atoms with Crippen LogP contribution in [-0.4, -0.2) is 23.8 Å². The number of halogens is 1. The zero-order valence-corrected chi connectivity index (χ0v) is 15.9. The van der Waals surface area contributed by atoms with E-state index in [4.69, 9.17) is 4.74 Å². The average Bonchev–Trinajstić information content (AvgIpc) is 2.72. The Morgan fingerprint density at radius 3 is 2.61 bits per heavy atom. The lowest BCUT2D eigenvalue weighted by atomic mass is 9.98. The highest BCUT2D eigenvalue weighted by Crippen LogP contribution is 2.24. The molecule has 0 aliphatic heterocycles. The van der Waals surface area contributed by atoms with Crippen molar-refractivity contribution < 1.29 is 19.0 Å². The summed E-state index contributed by atoms with van der Waals surface area (Å²) in [6.45, 7) is 0.405. The van der Waals surface area contributed by atoms with Crippen LogP contribution in [-0.2, 0) is 6.54 Å². The van der Waals surface area contributed by atoms with Gasteiger partial charge in [-0.2, -0.15) is 0 Å². The molecule has 5 nitrogen and oxygen atoms in total. The normalized spacial score (nSPS) is 15.6. The summed E-state index contributed by atoms with van der Waals surface area (Å²) >= 11 is 0. The van der Waals surface area contributed by atoms with E-state index in [2.05, 4.69) is 10.6 Å². The Morgan fingerprint density at radius 1 is 1.11 bits per heavy atom. The first-order valence-corrected chi connectivity index (χ1v) is 9.81. The lowest BCUT2D eigenvalue weighted by molar-refractivity contribution is 0.155. The Balaban J connectivity index is 1.42. The average molecular weight is 386 g/mol. The van der Waals surface area contributed by atoms with Gasteiger partial charge in [-0.25, -0.2) is 9.18 Å². The number of ether oxygens (including phenoxy) is 1. The minimum absolute atomic E-state index is 0.0439. The summed E-state index contributed by atoms with van der Waals surface area (Å²) in [5, 5.41) is 15.4. The highest BCUT2D eigenvalue weighted by Gasteiger charge is 2.15. The number of carbonyl (C=O) groups excluding carboxylic acids is 1. The second-order valence-electron chi connectivity index (χ2n) is 7.16. The molecule has 0 saturated heterocycles. The van der Waals surface area contributed by atoms with Gasteiger partial charge >= 0.3 is 6.03 Å². The smallest absolute Gasteiger partial charge is 0.315 e. The van der Waals surface area contributed by atoms with Gasteiger partial charge in [0, 0.05) is 13.1 Å². The fraction of sp³-hybridized carbons (Fsp3) is 0.409. The van der Waals surface area contributed by atoms with E-state index < -0.39 is 6.10 Å². The number of aliphatic hydroxyl groups excluding tert-OH is 1. The van der Waals surface area contributed by atoms with Crippen LogP contribution in [0.25, 0.3) is 0 Å². The first-order chi connectivity index (χ1) is 13.6. The van der Waals surface area contributed by atoms with Crippen molar-refractivity contribution in [3.05, 3.63) is 65.5 Å². The summed E-state index contributed by atoms with van der Waals surface area (Å²) < 4.78 is 19.0. The summed E-state index contributed by atoms with van der Waals surface area (Å²) in [5.41, 5.74) is 1.50. The van der Waals surface area contributed by atoms with Crippen LogP contribution in [0.1, 0.15) is 49.3 Å². The third-order valence-corrected chi connectivity index (χ3v) is 4.92. The maximum atomic E-state index is 12.9. The summed E-state index contributed by atoms with van der Waals surface area (Å²) in [4.78, 5) is 12.0. The van der Waals surface area contributed by atoms with Gasteiger partial charge in [-0.15, -0.1) is 0 Å². The molecule has 2 amide bonds. The van der Waals surface area contributed by atoms with Gasteiger partial charge in [0.1, 0.15) is 11.6 Å². The van der Waals surface area contributed by atoms with Gasteiger partial charge in [-0.3, -0.25) is 0 Å². The molecular formula is C22H27FN2O3. The second-order valence-corrected chi connectivity index (χ2v) is 7.16. The molecule has 1 atom stereocenters. The predicted molar refractivity (Wildman–Crippen MR) is 106 cm³/mol. The van der Waals surface area contributed by atoms with Crippen LogP contribution in [0.2, 0.25) is 0 Å². The Kier molecular flexibility index (Phi) is 7.25. The minimum atomic E-state index is -0.890. The molecule has 2 aromatic carbocycles. The Labute approximate surface area is 164 Å². The predicted octanol–water partition coefficient (Wildman–Crippen LogP) is 4.07. The SMILES string of the molecule is O=C(NCc1cccc(OC2CCCCC2)c1)NCC(O)c1ccc(F)cc1. The molecule has 0 heterocycles. The van der Waals surface area contributed by atoms with Crippen LogP contribution in [0, 0.1) is 5.82 Å². The van der Waals surface area contributed by atoms with Crippen LogP contribution in [0.3, 0.4) is 0 Å². The van der Waals surface area contributed by atoms with Gasteiger partial charge in [-0.05, 0) is 61.1 Å². The quantitative estimate of drug-likeness (QED) is 0.672. The molecule has 6 heteroatoms. The molecule has 1 aliphatic rings. The maximum Gasteiger partial charge on any atom is 0.315 e. The van der Waals surface area contributed by atoms with E-state index >= 15 is 0 Å². The number of aliphatic hydroxyl groups is 1. The number of nitrogens with one attached hydrogen (secondary N) is 2. The van der Waals surface area contributed by atoms with Crippen molar-refractivity contribution >= 4 is 6.03 Å². The first-order valence-electron chi connectivity index (χ1n) is 9.81. The summed E-state index contributed by atoms with van der Waals surface area (Å²) in [5.74, 6) is 0.467. The van der Waals surface area contributed by atoms with Crippen molar-refractivity contribution in [2.45, 2.75) is 50.9 Å². The van der Waals surface area contributed by atoms with E-state index in [0.717, 1.165) is 24.2 Å². The van der Waals surface area contributed by atoms with Gasteiger partial charge < -0.3 is 20.5 Å². The second kappa shape index (κ2) is 10.1. The van der Waals surface area contributed by atoms with Gasteiger partial charge in [0.15, 0.2) is 0 Å². The molecule has 3 rings (SSSR count). The van der Waals surface area contributed by atoms with Gasteiger partial charge in [0.05, 0.1) is 12.2 Å². The molecule has 1 saturated carbocycles. The van der Waals surface area contributed by atoms with Crippen LogP contribution in [0.4, 0.5) is 9.18 Å². The van der Waals surface area contributed by atoms with E-state index in [-0.39, 0.29) is 24.5 Å². The molecule has 1 aliphatic carbocycles. The fourth-order valence-corrected chi connectivity index (χ4v) is 3.34. The van der Waals surface area contributed by atoms with Crippen molar-refractivity contribution in [1.29, 1.82) is 0 Å². The van der Waals surface area contributed by atoms with E-state index in [1.807, 2.05) is 24.3 Å². The molecule has 1 fully saturated rings. The maximum absolute atomic E-state index is 12.9. The molecule has 0 bridgehead atoms. The molecule has 2 aromatic rings. The van der Waals surface area contributed by atoms with Crippen LogP contribution >= 0.6 is 0 Å². The highest BCUT2D eigenvalue weighted by atomic mass is 19.1. The monoisotopic (exact) mass is 386 g/mol. The number of rotatable bonds is 7. The molecule has 0 aromatic heterocycles. The lowest BCUT2D eigenvalue weighted by Gasteiger charge is -2.23. The molecule has 0 spiro atoms. The van der Waals surface area contributed by atoms with Crippen molar-refractivity contribution in [3.8, 4) is 5.75 Å². The molecular weight excluding hydrogens is 359 g/mol. The highest BCUT2D eigenvalue weighted by molar-refractivity contribution is 5.73. The third kappa shape index (κ3) is 6.23. The molecule has 3 N–H and O–H groups in total. The minimum Gasteiger partial charge on any atom is -0.490 e. The Hall–Kier alpha value is -2.60. The Bertz CT molecular complexity index is 761. The molecule has 0 radical (unpaired) electrons. The summed E-state index contributed by atoms with van der Waals surface area (Å²) in [6.07, 6.45) is 5.31. The van der Waals surface area contributed by atoms with Gasteiger partial charge in [0.25, 0.3) is 0 Å². The van der Waals surface area contributed by atoms with Crippen molar-refractivity contribution in [1.82, 2.24) is 10.6 Å². The van der Waals surface area contributed by atoms with Crippen molar-refractivity contribution in [2.75, 3.05) is 6.54 Å². The van der Waals surface area contributed by atoms with Crippen molar-refractivity contribution in [2.24, 2.45) is 0 Å². The zero-order chi connectivity index (χ0) is 19.8. The number of urea groups is 1. The largest absolute Gasteiger partial charge is 0.490 e. The number of amides is 2. The first kappa shape index (κ1) is 20.1. The fourth-order valence-electron chi connectivity index (χ4n) is 3.34. The van der Waals surface area contributed by atoms with Crippen LogP contribution < -0.4 is 15.4 Å². The summed E-state index contributed by atoms with van der Waals surface area (Å²) in [6, 6.07) is 12.9. The zero-order valence-electron chi connectivity index (χ0n) is 15.9. The number of benzene rings is 2. The lowest BCUT2D eigenvalue weighted by Crippen LogP contribution is -2.37. The number of hydrogen-bond donors (Lipinski definition) is 3. The topological polar surface area (TPSA) is 70.6 Å². The van der Waals surface area contributed by atoms with Gasteiger partial charge in [-0.1, -0.05) is 30.7 Å². The molecule has 1 unspecified atom stereocenters. The summed E-state index contributed by atoms with van der Waals surface area (Å²) in [7, 11) is 0. The standard InChI is InChI=1S/C22H27FN2O3/c23-18-11-9-17(10-12-18)21(26)15-25-22(27)24-14-16-5-4-8-20(13-16)28-19-6-2-1-3-7-19/h4-5,8-13,19,21,26H,1-3,6-7,14-15H2,(H2,24,25,27). The van der Waals surface area contributed by atoms with E-state index in [0.29, 0.717) is 12.1 Å². The van der Waals surface area contributed by atoms with E-state index in [1.165, 1.54) is 43.5 Å². The van der Waals surface area contributed by atoms with E-state index in [1.54, 1.807) is 0 Å². The van der Waals surface area contributed by atoms with Crippen LogP contribution in [0.5, 0.6) is 5.75 Å². The van der Waals surface area contributed by atoms with Crippen LogP contribution in [0.15, 0.2) is 48.5 Å². The third-order valence-electron chi connectivity index (χ3n) is 4.92. The molecule has 150 valence electrons. The van der Waals surface area contributed by atoms with E-state index in [9.17, 15) is 14.3 Å². The number of carbonyl (C=O) groups is 1. The van der Waals surface area contributed by atoms with Gasteiger partial charge in [0.2, 0.25) is 0 Å². The Morgan fingerprint density at radius 2 is 1.86 bits per heavy atom. The molecule has 28 heavy (non-hydrogen) atoms. The number of hydrogen-bond acceptors (Lipinski definition) is 3. The van der Waals surface area contributed by atoms with Crippen molar-refractivity contribution in [3.63, 3.8) is 0 Å².